The Labute approximate surface area is 124 Å². The molecule has 1 aliphatic carbocycles. The van der Waals surface area contributed by atoms with E-state index in [-0.39, 0.29) is 23.8 Å². The molecule has 1 atom stereocenters. The van der Waals surface area contributed by atoms with Gasteiger partial charge in [-0.25, -0.2) is 4.90 Å². The number of methoxy groups -OCH3 is 1. The molecule has 3 rings (SSSR count). The highest BCUT2D eigenvalue weighted by Crippen LogP contribution is 2.34. The summed E-state index contributed by atoms with van der Waals surface area (Å²) in [5.74, 6) is -0.319. The van der Waals surface area contributed by atoms with Crippen LogP contribution >= 0.6 is 0 Å². The van der Waals surface area contributed by atoms with Gasteiger partial charge in [0.15, 0.2) is 0 Å². The number of rotatable bonds is 5. The molecule has 21 heavy (non-hydrogen) atoms. The van der Waals surface area contributed by atoms with Crippen LogP contribution in [-0.4, -0.2) is 37.1 Å². The van der Waals surface area contributed by atoms with Crippen molar-refractivity contribution in [3.8, 4) is 0 Å². The highest BCUT2D eigenvalue weighted by atomic mass is 16.5. The van der Waals surface area contributed by atoms with Crippen LogP contribution in [0.25, 0.3) is 0 Å². The highest BCUT2D eigenvalue weighted by molar-refractivity contribution is 6.22. The van der Waals surface area contributed by atoms with E-state index in [9.17, 15) is 9.59 Å². The number of imide groups is 1. The van der Waals surface area contributed by atoms with Crippen LogP contribution in [0, 0.1) is 0 Å². The Morgan fingerprint density at radius 2 is 2.00 bits per heavy atom. The second-order valence-corrected chi connectivity index (χ2v) is 5.78. The van der Waals surface area contributed by atoms with E-state index < -0.39 is 6.04 Å². The molecule has 1 unspecified atom stereocenters. The normalized spacial score (nSPS) is 24.2. The van der Waals surface area contributed by atoms with E-state index in [2.05, 4.69) is 5.32 Å². The van der Waals surface area contributed by atoms with Crippen molar-refractivity contribution in [2.75, 3.05) is 18.6 Å². The molecule has 2 amide bonds. The number of nitrogens with zero attached hydrogens (tertiary/aromatic N) is 1. The first-order valence-corrected chi connectivity index (χ1v) is 7.36. The van der Waals surface area contributed by atoms with Crippen molar-refractivity contribution in [2.24, 2.45) is 0 Å². The van der Waals surface area contributed by atoms with E-state index in [1.165, 1.54) is 4.90 Å². The molecule has 1 aliphatic heterocycles. The van der Waals surface area contributed by atoms with E-state index in [0.717, 1.165) is 19.3 Å². The first kappa shape index (κ1) is 14.2. The lowest BCUT2D eigenvalue weighted by Gasteiger charge is -2.41. The predicted molar refractivity (Wildman–Crippen MR) is 78.9 cm³/mol. The summed E-state index contributed by atoms with van der Waals surface area (Å²) in [5, 5.41) is 3.22. The fraction of sp³-hybridized carbons (Fsp3) is 0.500. The fourth-order valence-corrected chi connectivity index (χ4v) is 2.97. The van der Waals surface area contributed by atoms with Gasteiger partial charge in [-0.15, -0.1) is 0 Å². The second-order valence-electron chi connectivity index (χ2n) is 5.78. The number of nitrogens with one attached hydrogen (secondary N) is 1. The minimum Gasteiger partial charge on any atom is -0.377 e. The number of carbonyl (C=O) groups excluding carboxylic acids is 2. The topological polar surface area (TPSA) is 58.6 Å². The van der Waals surface area contributed by atoms with Gasteiger partial charge in [0.05, 0.1) is 23.8 Å². The van der Waals surface area contributed by atoms with Gasteiger partial charge in [0.25, 0.3) is 5.91 Å². The zero-order valence-electron chi connectivity index (χ0n) is 12.2. The molecule has 5 heteroatoms. The number of ether oxygens (including phenoxy) is 1. The Hall–Kier alpha value is -1.72. The lowest BCUT2D eigenvalue weighted by molar-refractivity contribution is -0.122. The molecule has 1 aromatic rings. The summed E-state index contributed by atoms with van der Waals surface area (Å²) in [6.07, 6.45) is 3.39. The molecule has 1 heterocycles. The van der Waals surface area contributed by atoms with Crippen molar-refractivity contribution in [3.05, 3.63) is 30.3 Å². The minimum absolute atomic E-state index is 0.149. The number of para-hydroxylation sites is 1. The summed E-state index contributed by atoms with van der Waals surface area (Å²) < 4.78 is 5.53. The average molecular weight is 288 g/mol. The highest BCUT2D eigenvalue weighted by Gasteiger charge is 2.42. The van der Waals surface area contributed by atoms with Crippen molar-refractivity contribution in [2.45, 2.75) is 37.3 Å². The molecule has 5 nitrogen and oxygen atoms in total. The first-order chi connectivity index (χ1) is 10.2. The lowest BCUT2D eigenvalue weighted by Crippen LogP contribution is -2.51. The monoisotopic (exact) mass is 288 g/mol. The summed E-state index contributed by atoms with van der Waals surface area (Å²) in [5.41, 5.74) is 0.491. The van der Waals surface area contributed by atoms with Gasteiger partial charge in [-0.3, -0.25) is 9.59 Å². The second kappa shape index (κ2) is 5.58. The molecule has 2 fully saturated rings. The molecule has 0 radical (unpaired) electrons. The van der Waals surface area contributed by atoms with Gasteiger partial charge < -0.3 is 10.1 Å². The number of benzene rings is 1. The molecular weight excluding hydrogens is 268 g/mol. The quantitative estimate of drug-likeness (QED) is 0.834. The van der Waals surface area contributed by atoms with Crippen LogP contribution in [-0.2, 0) is 14.3 Å². The van der Waals surface area contributed by atoms with Crippen molar-refractivity contribution in [3.63, 3.8) is 0 Å². The van der Waals surface area contributed by atoms with Crippen molar-refractivity contribution in [1.29, 1.82) is 0 Å². The van der Waals surface area contributed by atoms with Gasteiger partial charge in [-0.2, -0.15) is 0 Å². The lowest BCUT2D eigenvalue weighted by atomic mass is 9.80. The molecular formula is C16H20N2O3. The number of amides is 2. The summed E-state index contributed by atoms with van der Waals surface area (Å²) >= 11 is 0. The van der Waals surface area contributed by atoms with Gasteiger partial charge in [0.2, 0.25) is 5.91 Å². The maximum Gasteiger partial charge on any atom is 0.251 e. The van der Waals surface area contributed by atoms with Gasteiger partial charge in [0, 0.05) is 13.7 Å². The molecule has 0 bridgehead atoms. The largest absolute Gasteiger partial charge is 0.377 e. The predicted octanol–water partition coefficient (Wildman–Crippen LogP) is 1.48. The molecule has 1 aromatic carbocycles. The van der Waals surface area contributed by atoms with Crippen LogP contribution in [0.2, 0.25) is 0 Å². The van der Waals surface area contributed by atoms with Crippen LogP contribution < -0.4 is 10.2 Å². The molecule has 112 valence electrons. The van der Waals surface area contributed by atoms with Gasteiger partial charge in [0.1, 0.15) is 0 Å². The summed E-state index contributed by atoms with van der Waals surface area (Å²) in [6, 6.07) is 8.63. The number of hydrogen-bond acceptors (Lipinski definition) is 4. The first-order valence-electron chi connectivity index (χ1n) is 7.36. The number of anilines is 1. The molecule has 0 aromatic heterocycles. The van der Waals surface area contributed by atoms with Gasteiger partial charge >= 0.3 is 0 Å². The van der Waals surface area contributed by atoms with E-state index in [0.29, 0.717) is 12.2 Å². The third-order valence-electron chi connectivity index (χ3n) is 4.53. The smallest absolute Gasteiger partial charge is 0.251 e. The SMILES string of the molecule is COC1(CNC2CC(=O)N(c3ccccc3)C2=O)CCC1. The Bertz CT molecular complexity index is 534. The molecule has 0 spiro atoms. The summed E-state index contributed by atoms with van der Waals surface area (Å²) in [4.78, 5) is 25.8. The minimum atomic E-state index is -0.440. The van der Waals surface area contributed by atoms with Crippen LogP contribution in [0.3, 0.4) is 0 Å². The van der Waals surface area contributed by atoms with Gasteiger partial charge in [-0.1, -0.05) is 18.2 Å². The molecule has 1 N–H and O–H groups in total. The van der Waals surface area contributed by atoms with E-state index in [4.69, 9.17) is 4.74 Å². The summed E-state index contributed by atoms with van der Waals surface area (Å²) in [7, 11) is 1.71. The Balaban J connectivity index is 1.66. The van der Waals surface area contributed by atoms with Gasteiger partial charge in [-0.05, 0) is 31.4 Å². The van der Waals surface area contributed by atoms with Crippen molar-refractivity contribution < 1.29 is 14.3 Å². The third kappa shape index (κ3) is 2.59. The maximum atomic E-state index is 12.4. The Morgan fingerprint density at radius 3 is 2.57 bits per heavy atom. The van der Waals surface area contributed by atoms with Crippen molar-refractivity contribution >= 4 is 17.5 Å². The van der Waals surface area contributed by atoms with Crippen LogP contribution in [0.5, 0.6) is 0 Å². The molecule has 1 saturated heterocycles. The standard InChI is InChI=1S/C16H20N2O3/c1-21-16(8-5-9-16)11-17-13-10-14(19)18(15(13)20)12-6-3-2-4-7-12/h2-4,6-7,13,17H,5,8-11H2,1H3. The van der Waals surface area contributed by atoms with Crippen molar-refractivity contribution in [1.82, 2.24) is 5.32 Å². The van der Waals surface area contributed by atoms with Crippen LogP contribution in [0.4, 0.5) is 5.69 Å². The number of hydrogen-bond donors (Lipinski definition) is 1. The van der Waals surface area contributed by atoms with E-state index >= 15 is 0 Å². The third-order valence-corrected chi connectivity index (χ3v) is 4.53. The van der Waals surface area contributed by atoms with Crippen LogP contribution in [0.15, 0.2) is 30.3 Å². The Kier molecular flexibility index (Phi) is 3.78. The summed E-state index contributed by atoms with van der Waals surface area (Å²) in [6.45, 7) is 0.621. The van der Waals surface area contributed by atoms with E-state index in [1.807, 2.05) is 18.2 Å². The molecule has 1 saturated carbocycles. The zero-order valence-corrected chi connectivity index (χ0v) is 12.2. The zero-order chi connectivity index (χ0) is 14.9. The number of carbonyl (C=O) groups is 2. The Morgan fingerprint density at radius 1 is 1.29 bits per heavy atom. The average Bonchev–Trinajstić information content (AvgIpc) is 2.74. The fourth-order valence-electron chi connectivity index (χ4n) is 2.97. The maximum absolute atomic E-state index is 12.4. The van der Waals surface area contributed by atoms with Crippen LogP contribution in [0.1, 0.15) is 25.7 Å². The molecule has 2 aliphatic rings. The van der Waals surface area contributed by atoms with E-state index in [1.54, 1.807) is 19.2 Å².